The van der Waals surface area contributed by atoms with Crippen molar-refractivity contribution in [3.8, 4) is 5.75 Å². The molecule has 0 spiro atoms. The first-order valence-electron chi connectivity index (χ1n) is 11.2. The van der Waals surface area contributed by atoms with Gasteiger partial charge in [-0.3, -0.25) is 4.79 Å². The third-order valence-corrected chi connectivity index (χ3v) is 5.89. The van der Waals surface area contributed by atoms with Gasteiger partial charge in [-0.1, -0.05) is 54.8 Å². The number of methoxy groups -OCH3 is 1. The second kappa shape index (κ2) is 11.6. The largest absolute Gasteiger partial charge is 0.489 e. The van der Waals surface area contributed by atoms with Crippen molar-refractivity contribution in [1.29, 1.82) is 0 Å². The predicted molar refractivity (Wildman–Crippen MR) is 123 cm³/mol. The molecule has 0 amide bonds. The lowest BCUT2D eigenvalue weighted by atomic mass is 9.89. The predicted octanol–water partition coefficient (Wildman–Crippen LogP) is 6.68. The molecule has 3 nitrogen and oxygen atoms in total. The second-order valence-electron chi connectivity index (χ2n) is 8.22. The number of benzene rings is 2. The smallest absolute Gasteiger partial charge is 0.305 e. The standard InChI is InChI=1S/C27H34O3/c1-21-12-16-23(17-13-21)26-10-6-4-3-5-9-24(26)20-30-25-18-14-22(15-19-25)8-7-11-27(28)29-2/h12-19H,3-11,20H2,1-2H3/b26-24-. The van der Waals surface area contributed by atoms with E-state index in [0.29, 0.717) is 13.0 Å². The van der Waals surface area contributed by atoms with Crippen LogP contribution >= 0.6 is 0 Å². The Hall–Kier alpha value is -2.55. The SMILES string of the molecule is COC(=O)CCCc1ccc(OC/C2=C(\c3ccc(C)cc3)CCCCCC2)cc1. The van der Waals surface area contributed by atoms with E-state index in [1.54, 1.807) is 0 Å². The molecule has 0 N–H and O–H groups in total. The van der Waals surface area contributed by atoms with Crippen LogP contribution in [0.15, 0.2) is 54.1 Å². The Labute approximate surface area is 181 Å². The lowest BCUT2D eigenvalue weighted by Gasteiger charge is -2.20. The van der Waals surface area contributed by atoms with Gasteiger partial charge < -0.3 is 9.47 Å². The minimum absolute atomic E-state index is 0.146. The molecule has 2 aromatic carbocycles. The molecule has 1 aliphatic rings. The van der Waals surface area contributed by atoms with Crippen LogP contribution in [0.25, 0.3) is 5.57 Å². The quantitative estimate of drug-likeness (QED) is 0.459. The van der Waals surface area contributed by atoms with Crippen molar-refractivity contribution in [2.45, 2.75) is 64.7 Å². The van der Waals surface area contributed by atoms with E-state index in [4.69, 9.17) is 9.47 Å². The van der Waals surface area contributed by atoms with E-state index in [9.17, 15) is 4.79 Å². The normalized spacial score (nSPS) is 17.1. The fraction of sp³-hybridized carbons (Fsp3) is 0.444. The van der Waals surface area contributed by atoms with Gasteiger partial charge in [-0.2, -0.15) is 0 Å². The van der Waals surface area contributed by atoms with E-state index < -0.39 is 0 Å². The van der Waals surface area contributed by atoms with Gasteiger partial charge in [0.05, 0.1) is 7.11 Å². The first kappa shape index (κ1) is 22.1. The van der Waals surface area contributed by atoms with E-state index in [1.165, 1.54) is 60.6 Å². The molecule has 3 rings (SSSR count). The van der Waals surface area contributed by atoms with Gasteiger partial charge in [0.25, 0.3) is 0 Å². The van der Waals surface area contributed by atoms with Gasteiger partial charge in [-0.15, -0.1) is 0 Å². The molecule has 0 heterocycles. The van der Waals surface area contributed by atoms with Crippen molar-refractivity contribution in [3.05, 3.63) is 70.8 Å². The Bertz CT molecular complexity index is 831. The van der Waals surface area contributed by atoms with Crippen LogP contribution in [-0.2, 0) is 16.0 Å². The maximum absolute atomic E-state index is 11.2. The molecule has 3 heteroatoms. The number of aryl methyl sites for hydroxylation is 2. The highest BCUT2D eigenvalue weighted by atomic mass is 16.5. The van der Waals surface area contributed by atoms with Crippen molar-refractivity contribution in [1.82, 2.24) is 0 Å². The fourth-order valence-electron chi connectivity index (χ4n) is 4.05. The van der Waals surface area contributed by atoms with Gasteiger partial charge in [-0.05, 0) is 79.9 Å². The summed E-state index contributed by atoms with van der Waals surface area (Å²) >= 11 is 0. The molecule has 0 radical (unpaired) electrons. The summed E-state index contributed by atoms with van der Waals surface area (Å²) in [7, 11) is 1.43. The number of hydrogen-bond acceptors (Lipinski definition) is 3. The van der Waals surface area contributed by atoms with Gasteiger partial charge in [0, 0.05) is 6.42 Å². The summed E-state index contributed by atoms with van der Waals surface area (Å²) in [5, 5.41) is 0. The molecule has 2 aromatic rings. The lowest BCUT2D eigenvalue weighted by molar-refractivity contribution is -0.140. The highest BCUT2D eigenvalue weighted by molar-refractivity contribution is 5.69. The summed E-state index contributed by atoms with van der Waals surface area (Å²) in [5.74, 6) is 0.761. The molecule has 160 valence electrons. The maximum Gasteiger partial charge on any atom is 0.305 e. The molecule has 0 aliphatic heterocycles. The van der Waals surface area contributed by atoms with E-state index >= 15 is 0 Å². The average Bonchev–Trinajstić information content (AvgIpc) is 2.75. The minimum atomic E-state index is -0.146. The highest BCUT2D eigenvalue weighted by Gasteiger charge is 2.13. The van der Waals surface area contributed by atoms with Crippen LogP contribution in [-0.4, -0.2) is 19.7 Å². The number of esters is 1. The van der Waals surface area contributed by atoms with E-state index in [2.05, 4.69) is 43.3 Å². The summed E-state index contributed by atoms with van der Waals surface area (Å²) in [6, 6.07) is 17.2. The first-order valence-corrected chi connectivity index (χ1v) is 11.2. The Morgan fingerprint density at radius 1 is 0.900 bits per heavy atom. The second-order valence-corrected chi connectivity index (χ2v) is 8.22. The van der Waals surface area contributed by atoms with E-state index in [1.807, 2.05) is 12.1 Å². The summed E-state index contributed by atoms with van der Waals surface area (Å²) < 4.78 is 10.9. The zero-order valence-electron chi connectivity index (χ0n) is 18.4. The first-order chi connectivity index (χ1) is 14.7. The van der Waals surface area contributed by atoms with Gasteiger partial charge in [0.1, 0.15) is 12.4 Å². The van der Waals surface area contributed by atoms with Crippen LogP contribution in [0.5, 0.6) is 5.75 Å². The van der Waals surface area contributed by atoms with E-state index in [-0.39, 0.29) is 5.97 Å². The van der Waals surface area contributed by atoms with Crippen molar-refractivity contribution in [2.75, 3.05) is 13.7 Å². The zero-order valence-corrected chi connectivity index (χ0v) is 18.4. The molecule has 0 saturated carbocycles. The number of rotatable bonds is 8. The third kappa shape index (κ3) is 6.76. The highest BCUT2D eigenvalue weighted by Crippen LogP contribution is 2.31. The molecule has 30 heavy (non-hydrogen) atoms. The van der Waals surface area contributed by atoms with Crippen molar-refractivity contribution < 1.29 is 14.3 Å². The summed E-state index contributed by atoms with van der Waals surface area (Å²) in [5.41, 5.74) is 6.79. The van der Waals surface area contributed by atoms with Crippen LogP contribution in [0, 0.1) is 6.92 Å². The number of hydrogen-bond donors (Lipinski definition) is 0. The van der Waals surface area contributed by atoms with Gasteiger partial charge in [0.2, 0.25) is 0 Å². The van der Waals surface area contributed by atoms with Crippen LogP contribution in [0.4, 0.5) is 0 Å². The van der Waals surface area contributed by atoms with Crippen molar-refractivity contribution in [3.63, 3.8) is 0 Å². The van der Waals surface area contributed by atoms with Crippen molar-refractivity contribution in [2.24, 2.45) is 0 Å². The lowest BCUT2D eigenvalue weighted by Crippen LogP contribution is -2.07. The monoisotopic (exact) mass is 406 g/mol. The molecule has 0 saturated heterocycles. The third-order valence-electron chi connectivity index (χ3n) is 5.89. The van der Waals surface area contributed by atoms with Gasteiger partial charge in [-0.25, -0.2) is 0 Å². The van der Waals surface area contributed by atoms with Crippen molar-refractivity contribution >= 4 is 11.5 Å². The maximum atomic E-state index is 11.2. The van der Waals surface area contributed by atoms with E-state index in [0.717, 1.165) is 31.4 Å². The Kier molecular flexibility index (Phi) is 8.55. The van der Waals surface area contributed by atoms with Crippen LogP contribution in [0.3, 0.4) is 0 Å². The number of carbonyl (C=O) groups is 1. The number of carbonyl (C=O) groups excluding carboxylic acids is 1. The van der Waals surface area contributed by atoms with Crippen LogP contribution < -0.4 is 4.74 Å². The Balaban J connectivity index is 1.64. The van der Waals surface area contributed by atoms with Gasteiger partial charge in [0.15, 0.2) is 0 Å². The number of allylic oxidation sites excluding steroid dienone is 1. The molecule has 0 fully saturated rings. The molecule has 1 aliphatic carbocycles. The zero-order chi connectivity index (χ0) is 21.2. The fourth-order valence-corrected chi connectivity index (χ4v) is 4.05. The number of ether oxygens (including phenoxy) is 2. The summed E-state index contributed by atoms with van der Waals surface area (Å²) in [6.07, 6.45) is 9.53. The minimum Gasteiger partial charge on any atom is -0.489 e. The molecule has 0 aromatic heterocycles. The van der Waals surface area contributed by atoms with Crippen LogP contribution in [0.1, 0.15) is 68.1 Å². The molecule has 0 unspecified atom stereocenters. The summed E-state index contributed by atoms with van der Waals surface area (Å²) in [6.45, 7) is 2.80. The van der Waals surface area contributed by atoms with Crippen LogP contribution in [0.2, 0.25) is 0 Å². The molecule has 0 atom stereocenters. The average molecular weight is 407 g/mol. The van der Waals surface area contributed by atoms with Gasteiger partial charge >= 0.3 is 5.97 Å². The molecular formula is C27H34O3. The Morgan fingerprint density at radius 2 is 1.60 bits per heavy atom. The Morgan fingerprint density at radius 3 is 2.30 bits per heavy atom. The topological polar surface area (TPSA) is 35.5 Å². The molecule has 0 bridgehead atoms. The molecular weight excluding hydrogens is 372 g/mol. The summed E-state index contributed by atoms with van der Waals surface area (Å²) in [4.78, 5) is 11.2.